The van der Waals surface area contributed by atoms with Gasteiger partial charge in [0.15, 0.2) is 0 Å². The second-order valence-electron chi connectivity index (χ2n) is 5.73. The summed E-state index contributed by atoms with van der Waals surface area (Å²) >= 11 is 0. The molecular weight excluding hydrogens is 348 g/mol. The summed E-state index contributed by atoms with van der Waals surface area (Å²) in [6.07, 6.45) is -5.16. The van der Waals surface area contributed by atoms with Gasteiger partial charge in [-0.05, 0) is 18.2 Å². The molecule has 1 atom stereocenters. The third-order valence-corrected chi connectivity index (χ3v) is 3.95. The van der Waals surface area contributed by atoms with E-state index in [1.54, 1.807) is 0 Å². The summed E-state index contributed by atoms with van der Waals surface area (Å²) in [5, 5.41) is 9.31. The number of hydrogen-bond donors (Lipinski definition) is 2. The highest BCUT2D eigenvalue weighted by atomic mass is 19.4. The maximum absolute atomic E-state index is 14.0. The minimum Gasteiger partial charge on any atom is -0.479 e. The maximum atomic E-state index is 14.0. The lowest BCUT2D eigenvalue weighted by atomic mass is 10.1. The van der Waals surface area contributed by atoms with E-state index in [1.807, 2.05) is 0 Å². The number of H-pyrrole nitrogens is 1. The molecule has 0 spiro atoms. The molecule has 1 fully saturated rings. The molecule has 0 aliphatic carbocycles. The first-order valence-electron chi connectivity index (χ1n) is 7.17. The van der Waals surface area contributed by atoms with E-state index in [1.165, 1.54) is 12.1 Å². The number of nitrogens with one attached hydrogen (secondary N) is 1. The smallest absolute Gasteiger partial charge is 0.479 e. The van der Waals surface area contributed by atoms with Crippen LogP contribution in [0.25, 0.3) is 10.9 Å². The summed E-state index contributed by atoms with van der Waals surface area (Å²) < 4.78 is 54.6. The highest BCUT2D eigenvalue weighted by Crippen LogP contribution is 2.29. The Bertz CT molecular complexity index is 848. The number of ether oxygens (including phenoxy) is 1. The van der Waals surface area contributed by atoms with Gasteiger partial charge in [-0.25, -0.2) is 9.18 Å². The van der Waals surface area contributed by atoms with Crippen LogP contribution in [0.4, 0.5) is 17.6 Å². The molecule has 1 aromatic heterocycles. The molecule has 1 aliphatic rings. The van der Waals surface area contributed by atoms with Gasteiger partial charge < -0.3 is 19.7 Å². The van der Waals surface area contributed by atoms with Gasteiger partial charge in [0.1, 0.15) is 11.4 Å². The maximum Gasteiger partial charge on any atom is 0.573 e. The highest BCUT2D eigenvalue weighted by Gasteiger charge is 2.47. The van der Waals surface area contributed by atoms with Gasteiger partial charge in [-0.1, -0.05) is 0 Å². The zero-order valence-corrected chi connectivity index (χ0v) is 12.6. The van der Waals surface area contributed by atoms with E-state index < -0.39 is 36.2 Å². The molecule has 134 valence electrons. The third kappa shape index (κ3) is 3.37. The fourth-order valence-electron chi connectivity index (χ4n) is 2.71. The first-order chi connectivity index (χ1) is 11.6. The van der Waals surface area contributed by atoms with Gasteiger partial charge in [0.2, 0.25) is 5.67 Å². The van der Waals surface area contributed by atoms with Crippen molar-refractivity contribution in [3.63, 3.8) is 0 Å². The Morgan fingerprint density at radius 3 is 2.60 bits per heavy atom. The van der Waals surface area contributed by atoms with Crippen LogP contribution in [-0.2, 0) is 4.79 Å². The van der Waals surface area contributed by atoms with Crippen molar-refractivity contribution in [1.29, 1.82) is 0 Å². The SMILES string of the molecule is O=C(c1cc2ccc(OC(F)(F)F)cc2[nH]1)N1CCC(F)(C(=O)O)C1. The van der Waals surface area contributed by atoms with Gasteiger partial charge in [-0.3, -0.25) is 4.79 Å². The second-order valence-corrected chi connectivity index (χ2v) is 5.73. The van der Waals surface area contributed by atoms with E-state index >= 15 is 0 Å². The first kappa shape index (κ1) is 17.1. The Hall–Kier alpha value is -2.78. The van der Waals surface area contributed by atoms with Gasteiger partial charge in [0.05, 0.1) is 6.54 Å². The lowest BCUT2D eigenvalue weighted by molar-refractivity contribution is -0.274. The number of carbonyl (C=O) groups excluding carboxylic acids is 1. The number of amides is 1. The number of rotatable bonds is 3. The Balaban J connectivity index is 1.82. The van der Waals surface area contributed by atoms with Gasteiger partial charge in [0, 0.05) is 29.9 Å². The van der Waals surface area contributed by atoms with E-state index in [-0.39, 0.29) is 24.2 Å². The van der Waals surface area contributed by atoms with Gasteiger partial charge in [-0.2, -0.15) is 0 Å². The van der Waals surface area contributed by atoms with Gasteiger partial charge in [-0.15, -0.1) is 13.2 Å². The number of aliphatic carboxylic acids is 1. The van der Waals surface area contributed by atoms with Crippen LogP contribution >= 0.6 is 0 Å². The number of carboxylic acid groups (broad SMARTS) is 1. The summed E-state index contributed by atoms with van der Waals surface area (Å²) in [6.45, 7) is -0.654. The number of aromatic nitrogens is 1. The van der Waals surface area contributed by atoms with Crippen molar-refractivity contribution in [2.24, 2.45) is 0 Å². The molecule has 2 heterocycles. The zero-order valence-electron chi connectivity index (χ0n) is 12.6. The molecular formula is C15H12F4N2O4. The number of benzene rings is 1. The van der Waals surface area contributed by atoms with E-state index in [2.05, 4.69) is 9.72 Å². The summed E-state index contributed by atoms with van der Waals surface area (Å²) in [4.78, 5) is 27.0. The van der Waals surface area contributed by atoms with Crippen molar-refractivity contribution in [2.45, 2.75) is 18.5 Å². The lowest BCUT2D eigenvalue weighted by Gasteiger charge is -2.16. The average Bonchev–Trinajstić information content (AvgIpc) is 3.09. The van der Waals surface area contributed by atoms with Crippen molar-refractivity contribution in [1.82, 2.24) is 9.88 Å². The largest absolute Gasteiger partial charge is 0.573 e. The number of nitrogens with zero attached hydrogens (tertiary/aromatic N) is 1. The molecule has 1 saturated heterocycles. The van der Waals surface area contributed by atoms with Crippen molar-refractivity contribution < 1.29 is 37.0 Å². The Labute approximate surface area is 138 Å². The molecule has 0 radical (unpaired) electrons. The Kier molecular flexibility index (Phi) is 3.85. The number of alkyl halides is 4. The standard InChI is InChI=1S/C15H12F4N2O4/c16-14(13(23)24)3-4-21(7-14)12(22)11-5-8-1-2-9(6-10(8)20-11)25-15(17,18)19/h1-2,5-6,20H,3-4,7H2,(H,23,24). The van der Waals surface area contributed by atoms with E-state index in [0.717, 1.165) is 17.0 Å². The monoisotopic (exact) mass is 360 g/mol. The molecule has 1 unspecified atom stereocenters. The zero-order chi connectivity index (χ0) is 18.4. The number of likely N-dealkylation sites (tertiary alicyclic amines) is 1. The van der Waals surface area contributed by atoms with Crippen LogP contribution in [0.15, 0.2) is 24.3 Å². The number of carbonyl (C=O) groups is 2. The molecule has 1 aliphatic heterocycles. The molecule has 6 nitrogen and oxygen atoms in total. The minimum atomic E-state index is -4.84. The minimum absolute atomic E-state index is 0.0220. The van der Waals surface area contributed by atoms with Gasteiger partial charge in [0.25, 0.3) is 5.91 Å². The van der Waals surface area contributed by atoms with E-state index in [4.69, 9.17) is 5.11 Å². The highest BCUT2D eigenvalue weighted by molar-refractivity contribution is 5.99. The molecule has 1 amide bonds. The topological polar surface area (TPSA) is 82.6 Å². The summed E-state index contributed by atoms with van der Waals surface area (Å²) in [7, 11) is 0. The normalized spacial score (nSPS) is 20.9. The molecule has 1 aromatic carbocycles. The van der Waals surface area contributed by atoms with Crippen LogP contribution < -0.4 is 4.74 Å². The van der Waals surface area contributed by atoms with Crippen molar-refractivity contribution >= 4 is 22.8 Å². The van der Waals surface area contributed by atoms with Crippen molar-refractivity contribution in [3.8, 4) is 5.75 Å². The number of hydrogen-bond acceptors (Lipinski definition) is 3. The van der Waals surface area contributed by atoms with Crippen LogP contribution in [0.3, 0.4) is 0 Å². The number of halogens is 4. The van der Waals surface area contributed by atoms with Crippen molar-refractivity contribution in [3.05, 3.63) is 30.0 Å². The average molecular weight is 360 g/mol. The second kappa shape index (κ2) is 5.64. The summed E-state index contributed by atoms with van der Waals surface area (Å²) in [5.41, 5.74) is -2.24. The first-order valence-corrected chi connectivity index (χ1v) is 7.17. The fraction of sp³-hybridized carbons (Fsp3) is 0.333. The Morgan fingerprint density at radius 1 is 1.28 bits per heavy atom. The predicted octanol–water partition coefficient (Wildman–Crippen LogP) is 2.71. The van der Waals surface area contributed by atoms with E-state index in [0.29, 0.717) is 5.39 Å². The summed E-state index contributed by atoms with van der Waals surface area (Å²) in [5.74, 6) is -2.71. The van der Waals surface area contributed by atoms with Crippen LogP contribution in [0, 0.1) is 0 Å². The third-order valence-electron chi connectivity index (χ3n) is 3.95. The quantitative estimate of drug-likeness (QED) is 0.825. The molecule has 25 heavy (non-hydrogen) atoms. The summed E-state index contributed by atoms with van der Waals surface area (Å²) in [6, 6.07) is 4.92. The molecule has 0 bridgehead atoms. The van der Waals surface area contributed by atoms with Crippen LogP contribution in [0.2, 0.25) is 0 Å². The number of carboxylic acids is 1. The van der Waals surface area contributed by atoms with Crippen LogP contribution in [-0.4, -0.2) is 52.0 Å². The number of fused-ring (bicyclic) bond motifs is 1. The molecule has 10 heteroatoms. The van der Waals surface area contributed by atoms with E-state index in [9.17, 15) is 27.2 Å². The van der Waals surface area contributed by atoms with Crippen LogP contribution in [0.1, 0.15) is 16.9 Å². The molecule has 0 saturated carbocycles. The molecule has 2 aromatic rings. The van der Waals surface area contributed by atoms with Crippen molar-refractivity contribution in [2.75, 3.05) is 13.1 Å². The predicted molar refractivity (Wildman–Crippen MR) is 77.0 cm³/mol. The number of aromatic amines is 1. The molecule has 2 N–H and O–H groups in total. The molecule has 3 rings (SSSR count). The van der Waals surface area contributed by atoms with Gasteiger partial charge >= 0.3 is 12.3 Å². The fourth-order valence-corrected chi connectivity index (χ4v) is 2.71. The Morgan fingerprint density at radius 2 is 2.00 bits per heavy atom. The van der Waals surface area contributed by atoms with Crippen LogP contribution in [0.5, 0.6) is 5.75 Å². The lowest BCUT2D eigenvalue weighted by Crippen LogP contribution is -2.39.